The first-order valence-corrected chi connectivity index (χ1v) is 8.75. The monoisotopic (exact) mass is 345 g/mol. The molecule has 4 rings (SSSR count). The second-order valence-electron chi connectivity index (χ2n) is 6.64. The lowest BCUT2D eigenvalue weighted by Crippen LogP contribution is -2.48. The molecule has 25 heavy (non-hydrogen) atoms. The Bertz CT molecular complexity index is 768. The molecule has 1 saturated heterocycles. The first-order chi connectivity index (χ1) is 12.1. The number of fused-ring (bicyclic) bond motifs is 1. The molecule has 2 aliphatic heterocycles. The lowest BCUT2D eigenvalue weighted by molar-refractivity contribution is -0.0267. The van der Waals surface area contributed by atoms with E-state index in [1.807, 2.05) is 30.7 Å². The molecule has 0 aliphatic carbocycles. The van der Waals surface area contributed by atoms with Crippen LogP contribution in [0.25, 0.3) is 0 Å². The average Bonchev–Trinajstić information content (AvgIpc) is 3.20. The van der Waals surface area contributed by atoms with E-state index in [0.29, 0.717) is 19.7 Å². The number of aromatic nitrogens is 3. The van der Waals surface area contributed by atoms with E-state index in [1.54, 1.807) is 4.90 Å². The van der Waals surface area contributed by atoms with Crippen molar-refractivity contribution in [2.45, 2.75) is 45.4 Å². The zero-order chi connectivity index (χ0) is 17.4. The number of hydrogen-bond acceptors (Lipinski definition) is 5. The van der Waals surface area contributed by atoms with Crippen molar-refractivity contribution in [1.82, 2.24) is 25.0 Å². The molecule has 4 heterocycles. The molecule has 8 heteroatoms. The summed E-state index contributed by atoms with van der Waals surface area (Å²) in [4.78, 5) is 19.0. The highest BCUT2D eigenvalue weighted by atomic mass is 16.5. The fraction of sp³-hybridized carbons (Fsp3) is 0.588. The molecule has 2 amide bonds. The summed E-state index contributed by atoms with van der Waals surface area (Å²) in [5.41, 5.74) is 0. The predicted molar refractivity (Wildman–Crippen MR) is 89.0 cm³/mol. The molecular weight excluding hydrogens is 322 g/mol. The van der Waals surface area contributed by atoms with Crippen LogP contribution in [0.3, 0.4) is 0 Å². The van der Waals surface area contributed by atoms with Gasteiger partial charge in [-0.05, 0) is 38.8 Å². The molecule has 2 aromatic rings. The Labute approximate surface area is 146 Å². The zero-order valence-corrected chi connectivity index (χ0v) is 14.6. The van der Waals surface area contributed by atoms with Crippen LogP contribution in [0.2, 0.25) is 0 Å². The molecule has 8 nitrogen and oxygen atoms in total. The van der Waals surface area contributed by atoms with Crippen LogP contribution in [0.1, 0.15) is 48.2 Å². The third kappa shape index (κ3) is 3.26. The SMILES string of the molecule is Cc1nc2n(n1)CCC[C@H]2NC(=O)N1CCO[C@H](c2ccc(C)o2)C1. The molecule has 134 valence electrons. The van der Waals surface area contributed by atoms with E-state index in [9.17, 15) is 4.79 Å². The second-order valence-corrected chi connectivity index (χ2v) is 6.64. The minimum absolute atomic E-state index is 0.0873. The molecule has 0 saturated carbocycles. The highest BCUT2D eigenvalue weighted by molar-refractivity contribution is 5.74. The Hall–Kier alpha value is -2.35. The normalized spacial score (nSPS) is 23.4. The van der Waals surface area contributed by atoms with Crippen molar-refractivity contribution in [3.8, 4) is 0 Å². The Morgan fingerprint density at radius 1 is 1.32 bits per heavy atom. The van der Waals surface area contributed by atoms with Gasteiger partial charge in [0.05, 0.1) is 19.2 Å². The van der Waals surface area contributed by atoms with Crippen LogP contribution < -0.4 is 5.32 Å². The Morgan fingerprint density at radius 2 is 2.20 bits per heavy atom. The van der Waals surface area contributed by atoms with E-state index < -0.39 is 0 Å². The molecule has 0 bridgehead atoms. The number of hydrogen-bond donors (Lipinski definition) is 1. The van der Waals surface area contributed by atoms with Crippen molar-refractivity contribution in [3.05, 3.63) is 35.3 Å². The summed E-state index contributed by atoms with van der Waals surface area (Å²) >= 11 is 0. The van der Waals surface area contributed by atoms with Gasteiger partial charge in [-0.1, -0.05) is 0 Å². The lowest BCUT2D eigenvalue weighted by Gasteiger charge is -2.33. The van der Waals surface area contributed by atoms with Gasteiger partial charge in [-0.3, -0.25) is 0 Å². The molecule has 0 spiro atoms. The number of furan rings is 1. The van der Waals surface area contributed by atoms with E-state index in [-0.39, 0.29) is 18.2 Å². The van der Waals surface area contributed by atoms with Crippen molar-refractivity contribution < 1.29 is 13.9 Å². The fourth-order valence-electron chi connectivity index (χ4n) is 3.48. The Kier molecular flexibility index (Phi) is 4.20. The number of nitrogens with zero attached hydrogens (tertiary/aromatic N) is 4. The lowest BCUT2D eigenvalue weighted by atomic mass is 10.1. The standard InChI is InChI=1S/C17H23N5O3/c1-11-5-6-14(25-11)15-10-21(8-9-24-15)17(23)19-13-4-3-7-22-16(13)18-12(2)20-22/h5-6,13,15H,3-4,7-10H2,1-2H3,(H,19,23)/t13-,15+/m1/s1. The predicted octanol–water partition coefficient (Wildman–Crippen LogP) is 2.11. The number of morpholine rings is 1. The van der Waals surface area contributed by atoms with Crippen molar-refractivity contribution in [2.24, 2.45) is 0 Å². The summed E-state index contributed by atoms with van der Waals surface area (Å²) in [5.74, 6) is 3.21. The van der Waals surface area contributed by atoms with Crippen molar-refractivity contribution in [2.75, 3.05) is 19.7 Å². The Morgan fingerprint density at radius 3 is 3.00 bits per heavy atom. The van der Waals surface area contributed by atoms with Crippen LogP contribution in [0, 0.1) is 13.8 Å². The van der Waals surface area contributed by atoms with Gasteiger partial charge in [0, 0.05) is 13.1 Å². The van der Waals surface area contributed by atoms with Gasteiger partial charge in [-0.2, -0.15) is 5.10 Å². The number of carbonyl (C=O) groups is 1. The number of carbonyl (C=O) groups excluding carboxylic acids is 1. The van der Waals surface area contributed by atoms with E-state index in [1.165, 1.54) is 0 Å². The summed E-state index contributed by atoms with van der Waals surface area (Å²) in [6, 6.07) is 3.65. The molecule has 1 N–H and O–H groups in total. The van der Waals surface area contributed by atoms with E-state index in [4.69, 9.17) is 9.15 Å². The minimum atomic E-state index is -0.217. The van der Waals surface area contributed by atoms with E-state index >= 15 is 0 Å². The third-order valence-electron chi connectivity index (χ3n) is 4.71. The summed E-state index contributed by atoms with van der Waals surface area (Å²) in [7, 11) is 0. The minimum Gasteiger partial charge on any atom is -0.464 e. The number of urea groups is 1. The van der Waals surface area contributed by atoms with Gasteiger partial charge in [-0.25, -0.2) is 14.5 Å². The second kappa shape index (κ2) is 6.51. The van der Waals surface area contributed by atoms with Crippen LogP contribution in [-0.2, 0) is 11.3 Å². The number of aryl methyl sites for hydroxylation is 3. The zero-order valence-electron chi connectivity index (χ0n) is 14.6. The maximum Gasteiger partial charge on any atom is 0.318 e. The number of ether oxygens (including phenoxy) is 1. The highest BCUT2D eigenvalue weighted by Gasteiger charge is 2.31. The molecule has 0 aromatic carbocycles. The smallest absolute Gasteiger partial charge is 0.318 e. The quantitative estimate of drug-likeness (QED) is 0.901. The Balaban J connectivity index is 1.43. The molecule has 2 atom stereocenters. The van der Waals surface area contributed by atoms with Crippen molar-refractivity contribution in [3.63, 3.8) is 0 Å². The summed E-state index contributed by atoms with van der Waals surface area (Å²) < 4.78 is 13.3. The topological polar surface area (TPSA) is 85.4 Å². The van der Waals surface area contributed by atoms with Crippen LogP contribution in [0.4, 0.5) is 4.79 Å². The van der Waals surface area contributed by atoms with Crippen molar-refractivity contribution >= 4 is 6.03 Å². The van der Waals surface area contributed by atoms with Gasteiger partial charge in [-0.15, -0.1) is 0 Å². The van der Waals surface area contributed by atoms with E-state index in [0.717, 1.165) is 42.6 Å². The largest absolute Gasteiger partial charge is 0.464 e. The molecule has 1 fully saturated rings. The summed E-state index contributed by atoms with van der Waals surface area (Å²) in [6.45, 7) is 6.19. The van der Waals surface area contributed by atoms with Crippen LogP contribution in [0.15, 0.2) is 16.5 Å². The molecule has 0 radical (unpaired) electrons. The van der Waals surface area contributed by atoms with Gasteiger partial charge in [0.25, 0.3) is 0 Å². The van der Waals surface area contributed by atoms with Gasteiger partial charge in [0.15, 0.2) is 0 Å². The number of rotatable bonds is 2. The van der Waals surface area contributed by atoms with Gasteiger partial charge < -0.3 is 19.4 Å². The molecule has 2 aliphatic rings. The molecular formula is C17H23N5O3. The van der Waals surface area contributed by atoms with Crippen LogP contribution in [-0.4, -0.2) is 45.4 Å². The summed E-state index contributed by atoms with van der Waals surface area (Å²) in [6.07, 6.45) is 1.65. The third-order valence-corrected chi connectivity index (χ3v) is 4.71. The van der Waals surface area contributed by atoms with Gasteiger partial charge in [0.1, 0.15) is 29.3 Å². The molecule has 0 unspecified atom stereocenters. The van der Waals surface area contributed by atoms with Crippen molar-refractivity contribution in [1.29, 1.82) is 0 Å². The molecule has 2 aromatic heterocycles. The fourth-order valence-corrected chi connectivity index (χ4v) is 3.48. The number of amides is 2. The summed E-state index contributed by atoms with van der Waals surface area (Å²) in [5, 5.41) is 7.50. The average molecular weight is 345 g/mol. The van der Waals surface area contributed by atoms with E-state index in [2.05, 4.69) is 15.4 Å². The first-order valence-electron chi connectivity index (χ1n) is 8.75. The van der Waals surface area contributed by atoms with Crippen LogP contribution >= 0.6 is 0 Å². The first kappa shape index (κ1) is 16.1. The number of nitrogens with one attached hydrogen (secondary N) is 1. The van der Waals surface area contributed by atoms with Gasteiger partial charge >= 0.3 is 6.03 Å². The highest BCUT2D eigenvalue weighted by Crippen LogP contribution is 2.26. The maximum atomic E-state index is 12.7. The van der Waals surface area contributed by atoms with Gasteiger partial charge in [0.2, 0.25) is 0 Å². The maximum absolute atomic E-state index is 12.7. The van der Waals surface area contributed by atoms with Crippen LogP contribution in [0.5, 0.6) is 0 Å².